The van der Waals surface area contributed by atoms with Crippen LogP contribution in [0.25, 0.3) is 27.5 Å². The van der Waals surface area contributed by atoms with E-state index >= 15 is 0 Å². The molecule has 4 aromatic rings. The van der Waals surface area contributed by atoms with Gasteiger partial charge in [-0.15, -0.1) is 11.3 Å². The zero-order valence-corrected chi connectivity index (χ0v) is 19.5. The molecule has 1 fully saturated rings. The van der Waals surface area contributed by atoms with Crippen LogP contribution in [0.15, 0.2) is 42.0 Å². The van der Waals surface area contributed by atoms with E-state index in [1.54, 1.807) is 16.2 Å². The zero-order valence-electron chi connectivity index (χ0n) is 17.9. The van der Waals surface area contributed by atoms with Crippen molar-refractivity contribution in [3.05, 3.63) is 53.0 Å². The Bertz CT molecular complexity index is 1240. The lowest BCUT2D eigenvalue weighted by Gasteiger charge is -2.23. The zero-order chi connectivity index (χ0) is 22.2. The highest BCUT2D eigenvalue weighted by atomic mass is 35.5. The lowest BCUT2D eigenvalue weighted by Crippen LogP contribution is -2.32. The van der Waals surface area contributed by atoms with Crippen LogP contribution >= 0.6 is 22.9 Å². The topological polar surface area (TPSA) is 75.5 Å². The number of H-pyrrole nitrogens is 1. The average molecular weight is 470 g/mol. The lowest BCUT2D eigenvalue weighted by molar-refractivity contribution is 0.0871. The quantitative estimate of drug-likeness (QED) is 0.387. The highest BCUT2D eigenvalue weighted by Gasteiger charge is 2.33. The molecule has 0 saturated carbocycles. The number of thiazole rings is 1. The van der Waals surface area contributed by atoms with Crippen LogP contribution < -0.4 is 0 Å². The Morgan fingerprint density at radius 1 is 1.31 bits per heavy atom. The number of aromatic amines is 1. The van der Waals surface area contributed by atoms with Crippen LogP contribution in [0.2, 0.25) is 5.15 Å². The number of hydrogen-bond acceptors (Lipinski definition) is 5. The molecule has 5 rings (SSSR count). The summed E-state index contributed by atoms with van der Waals surface area (Å²) in [7, 11) is 0. The summed E-state index contributed by atoms with van der Waals surface area (Å²) in [6.45, 7) is 5.18. The van der Waals surface area contributed by atoms with E-state index in [2.05, 4.69) is 15.0 Å². The van der Waals surface area contributed by atoms with Crippen molar-refractivity contribution in [3.63, 3.8) is 0 Å². The van der Waals surface area contributed by atoms with Crippen LogP contribution in [0, 0.1) is 5.92 Å². The SMILES string of the molecule is CC(C)COC(=O)N1CCCC1c1ncc(-c2ccc(-c3nc4sccn4c3Cl)cc2)[nH]1. The minimum Gasteiger partial charge on any atom is -0.449 e. The number of carbonyl (C=O) groups excluding carboxylic acids is 1. The molecule has 0 bridgehead atoms. The van der Waals surface area contributed by atoms with Gasteiger partial charge >= 0.3 is 6.09 Å². The van der Waals surface area contributed by atoms with Gasteiger partial charge in [0.05, 0.1) is 24.5 Å². The summed E-state index contributed by atoms with van der Waals surface area (Å²) in [4.78, 5) is 27.8. The standard InChI is InChI=1S/C23H24ClN5O2S/c1-14(2)13-31-23(30)28-9-3-4-18(28)21-25-12-17(26-21)15-5-7-16(8-6-15)19-20(24)29-10-11-32-22(29)27-19/h5-8,10-12,14,18H,3-4,9,13H2,1-2H3,(H,25,26). The largest absolute Gasteiger partial charge is 0.449 e. The van der Waals surface area contributed by atoms with E-state index in [4.69, 9.17) is 16.3 Å². The van der Waals surface area contributed by atoms with E-state index in [0.717, 1.165) is 46.1 Å². The predicted molar refractivity (Wildman–Crippen MR) is 126 cm³/mol. The molecule has 32 heavy (non-hydrogen) atoms. The second-order valence-corrected chi connectivity index (χ2v) is 9.62. The molecule has 7 nitrogen and oxygen atoms in total. The predicted octanol–water partition coefficient (Wildman–Crippen LogP) is 6.04. The summed E-state index contributed by atoms with van der Waals surface area (Å²) in [6, 6.07) is 8.00. The minimum absolute atomic E-state index is 0.0834. The number of nitrogens with zero attached hydrogens (tertiary/aromatic N) is 4. The summed E-state index contributed by atoms with van der Waals surface area (Å²) in [6.07, 6.45) is 5.29. The summed E-state index contributed by atoms with van der Waals surface area (Å²) < 4.78 is 7.32. The fraction of sp³-hybridized carbons (Fsp3) is 0.348. The molecular weight excluding hydrogens is 446 g/mol. The first kappa shape index (κ1) is 21.0. The van der Waals surface area contributed by atoms with Gasteiger partial charge in [0, 0.05) is 23.7 Å². The Morgan fingerprint density at radius 2 is 2.09 bits per heavy atom. The van der Waals surface area contributed by atoms with Crippen LogP contribution in [0.1, 0.15) is 38.6 Å². The number of carbonyl (C=O) groups is 1. The van der Waals surface area contributed by atoms with Gasteiger partial charge in [-0.05, 0) is 24.3 Å². The molecule has 3 aromatic heterocycles. The Hall–Kier alpha value is -2.84. The summed E-state index contributed by atoms with van der Waals surface area (Å²) in [5, 5.41) is 2.58. The average Bonchev–Trinajstić information content (AvgIpc) is 3.57. The summed E-state index contributed by atoms with van der Waals surface area (Å²) >= 11 is 8.05. The van der Waals surface area contributed by atoms with Crippen LogP contribution in [-0.2, 0) is 4.74 Å². The highest BCUT2D eigenvalue weighted by Crippen LogP contribution is 2.34. The number of aromatic nitrogens is 4. The molecule has 1 aliphatic heterocycles. The molecule has 0 aliphatic carbocycles. The molecule has 4 heterocycles. The Balaban J connectivity index is 1.33. The fourth-order valence-electron chi connectivity index (χ4n) is 3.99. The maximum atomic E-state index is 12.5. The van der Waals surface area contributed by atoms with E-state index in [1.807, 2.05) is 60.3 Å². The molecule has 9 heteroatoms. The summed E-state index contributed by atoms with van der Waals surface area (Å²) in [5.41, 5.74) is 3.66. The Labute approximate surface area is 195 Å². The van der Waals surface area contributed by atoms with E-state index < -0.39 is 0 Å². The summed E-state index contributed by atoms with van der Waals surface area (Å²) in [5.74, 6) is 1.10. The number of benzene rings is 1. The second kappa shape index (κ2) is 8.60. The van der Waals surface area contributed by atoms with Gasteiger partial charge in [-0.1, -0.05) is 49.7 Å². The molecule has 166 valence electrons. The van der Waals surface area contributed by atoms with Crippen molar-refractivity contribution in [2.24, 2.45) is 5.92 Å². The smallest absolute Gasteiger partial charge is 0.410 e. The van der Waals surface area contributed by atoms with Crippen molar-refractivity contribution >= 4 is 34.0 Å². The van der Waals surface area contributed by atoms with Crippen molar-refractivity contribution < 1.29 is 9.53 Å². The van der Waals surface area contributed by atoms with Crippen molar-refractivity contribution in [1.29, 1.82) is 0 Å². The van der Waals surface area contributed by atoms with Crippen molar-refractivity contribution in [1.82, 2.24) is 24.3 Å². The first-order chi connectivity index (χ1) is 15.5. The Kier molecular flexibility index (Phi) is 5.65. The number of nitrogens with one attached hydrogen (secondary N) is 1. The molecule has 1 aromatic carbocycles. The van der Waals surface area contributed by atoms with Crippen LogP contribution in [0.4, 0.5) is 4.79 Å². The number of imidazole rings is 2. The molecule has 1 saturated heterocycles. The minimum atomic E-state index is -0.264. The number of rotatable bonds is 5. The molecule has 0 radical (unpaired) electrons. The third-order valence-electron chi connectivity index (χ3n) is 5.61. The van der Waals surface area contributed by atoms with Gasteiger partial charge in [0.1, 0.15) is 16.7 Å². The van der Waals surface area contributed by atoms with Gasteiger partial charge in [0.2, 0.25) is 0 Å². The first-order valence-electron chi connectivity index (χ1n) is 10.7. The van der Waals surface area contributed by atoms with Crippen LogP contribution in [0.3, 0.4) is 0 Å². The molecule has 1 atom stereocenters. The van der Waals surface area contributed by atoms with Gasteiger partial charge in [0.15, 0.2) is 4.96 Å². The van der Waals surface area contributed by atoms with E-state index in [9.17, 15) is 4.79 Å². The van der Waals surface area contributed by atoms with Crippen molar-refractivity contribution in [2.45, 2.75) is 32.7 Å². The Morgan fingerprint density at radius 3 is 2.84 bits per heavy atom. The maximum Gasteiger partial charge on any atom is 0.410 e. The van der Waals surface area contributed by atoms with Gasteiger partial charge in [0.25, 0.3) is 0 Å². The number of likely N-dealkylation sites (tertiary alicyclic amines) is 1. The van der Waals surface area contributed by atoms with Crippen molar-refractivity contribution in [3.8, 4) is 22.5 Å². The number of amides is 1. The number of fused-ring (bicyclic) bond motifs is 1. The van der Waals surface area contributed by atoms with Gasteiger partial charge in [-0.25, -0.2) is 14.8 Å². The van der Waals surface area contributed by atoms with E-state index in [-0.39, 0.29) is 12.1 Å². The van der Waals surface area contributed by atoms with Gasteiger partial charge in [-0.3, -0.25) is 9.30 Å². The van der Waals surface area contributed by atoms with Crippen LogP contribution in [-0.4, -0.2) is 43.5 Å². The third-order valence-corrected chi connectivity index (χ3v) is 6.73. The molecule has 1 aliphatic rings. The third kappa shape index (κ3) is 3.89. The van der Waals surface area contributed by atoms with Crippen LogP contribution in [0.5, 0.6) is 0 Å². The second-order valence-electron chi connectivity index (χ2n) is 8.39. The maximum absolute atomic E-state index is 12.5. The normalized spacial score (nSPS) is 16.4. The first-order valence-corrected chi connectivity index (χ1v) is 12.0. The molecular formula is C23H24ClN5O2S. The van der Waals surface area contributed by atoms with Crippen molar-refractivity contribution in [2.75, 3.05) is 13.2 Å². The molecule has 1 amide bonds. The number of ether oxygens (including phenoxy) is 1. The van der Waals surface area contributed by atoms with Gasteiger partial charge in [-0.2, -0.15) is 0 Å². The fourth-order valence-corrected chi connectivity index (χ4v) is 5.04. The van der Waals surface area contributed by atoms with E-state index in [1.165, 1.54) is 0 Å². The molecule has 1 N–H and O–H groups in total. The highest BCUT2D eigenvalue weighted by molar-refractivity contribution is 7.15. The lowest BCUT2D eigenvalue weighted by atomic mass is 10.1. The molecule has 1 unspecified atom stereocenters. The van der Waals surface area contributed by atoms with Gasteiger partial charge < -0.3 is 9.72 Å². The number of halogens is 1. The monoisotopic (exact) mass is 469 g/mol. The molecule has 0 spiro atoms. The van der Waals surface area contributed by atoms with E-state index in [0.29, 0.717) is 24.2 Å². The number of hydrogen-bond donors (Lipinski definition) is 1.